The minimum atomic E-state index is -0.210. The third-order valence-corrected chi connectivity index (χ3v) is 3.90. The second-order valence-electron chi connectivity index (χ2n) is 4.11. The molecule has 0 unspecified atom stereocenters. The Balaban J connectivity index is 2.26. The first-order valence-corrected chi connectivity index (χ1v) is 6.80. The van der Waals surface area contributed by atoms with Gasteiger partial charge in [-0.25, -0.2) is 4.39 Å². The van der Waals surface area contributed by atoms with E-state index in [1.54, 1.807) is 23.9 Å². The van der Waals surface area contributed by atoms with Gasteiger partial charge in [-0.3, -0.25) is 0 Å². The number of hydrogen-bond donors (Lipinski definition) is 1. The van der Waals surface area contributed by atoms with E-state index in [2.05, 4.69) is 19.1 Å². The van der Waals surface area contributed by atoms with Crippen molar-refractivity contribution in [2.75, 3.05) is 0 Å². The summed E-state index contributed by atoms with van der Waals surface area (Å²) in [5, 5.41) is 0. The highest BCUT2D eigenvalue weighted by Crippen LogP contribution is 2.33. The van der Waals surface area contributed by atoms with Crippen LogP contribution < -0.4 is 5.73 Å². The zero-order chi connectivity index (χ0) is 13.0. The number of rotatable bonds is 4. The molecule has 0 bridgehead atoms. The van der Waals surface area contributed by atoms with Gasteiger partial charge in [-0.15, -0.1) is 0 Å². The highest BCUT2D eigenvalue weighted by atomic mass is 32.2. The maximum atomic E-state index is 12.9. The molecule has 0 aliphatic rings. The van der Waals surface area contributed by atoms with Crippen LogP contribution in [0.15, 0.2) is 58.3 Å². The van der Waals surface area contributed by atoms with E-state index in [0.29, 0.717) is 0 Å². The number of hydrogen-bond acceptors (Lipinski definition) is 2. The lowest BCUT2D eigenvalue weighted by atomic mass is 10.1. The Hall–Kier alpha value is -1.32. The molecule has 18 heavy (non-hydrogen) atoms. The molecule has 1 atom stereocenters. The zero-order valence-electron chi connectivity index (χ0n) is 10.3. The van der Waals surface area contributed by atoms with Gasteiger partial charge in [-0.05, 0) is 42.3 Å². The van der Waals surface area contributed by atoms with E-state index in [-0.39, 0.29) is 11.9 Å². The van der Waals surface area contributed by atoms with Gasteiger partial charge >= 0.3 is 0 Å². The van der Waals surface area contributed by atoms with Crippen molar-refractivity contribution in [3.05, 3.63) is 59.9 Å². The summed E-state index contributed by atoms with van der Waals surface area (Å²) in [6.45, 7) is 2.07. The van der Waals surface area contributed by atoms with Crippen molar-refractivity contribution in [3.63, 3.8) is 0 Å². The Bertz CT molecular complexity index is 510. The molecule has 2 N–H and O–H groups in total. The average molecular weight is 261 g/mol. The summed E-state index contributed by atoms with van der Waals surface area (Å²) in [4.78, 5) is 2.16. The van der Waals surface area contributed by atoms with E-state index in [9.17, 15) is 4.39 Å². The second-order valence-corrected chi connectivity index (χ2v) is 5.22. The van der Waals surface area contributed by atoms with Crippen LogP contribution in [0.2, 0.25) is 0 Å². The second kappa shape index (κ2) is 6.03. The summed E-state index contributed by atoms with van der Waals surface area (Å²) >= 11 is 1.62. The molecule has 2 aromatic rings. The van der Waals surface area contributed by atoms with Gasteiger partial charge in [0.15, 0.2) is 0 Å². The van der Waals surface area contributed by atoms with Crippen LogP contribution in [-0.2, 0) is 0 Å². The Morgan fingerprint density at radius 1 is 1.11 bits per heavy atom. The molecule has 0 saturated heterocycles. The maximum absolute atomic E-state index is 12.9. The van der Waals surface area contributed by atoms with Gasteiger partial charge in [0.1, 0.15) is 5.82 Å². The lowest BCUT2D eigenvalue weighted by molar-refractivity contribution is 0.626. The maximum Gasteiger partial charge on any atom is 0.123 e. The summed E-state index contributed by atoms with van der Waals surface area (Å²) in [5.74, 6) is -0.210. The van der Waals surface area contributed by atoms with Gasteiger partial charge in [0, 0.05) is 15.8 Å². The Morgan fingerprint density at radius 2 is 1.78 bits per heavy atom. The Labute approximate surface area is 111 Å². The number of halogens is 1. The zero-order valence-corrected chi connectivity index (χ0v) is 11.1. The van der Waals surface area contributed by atoms with Crippen LogP contribution in [0.4, 0.5) is 4.39 Å². The Kier molecular flexibility index (Phi) is 4.39. The van der Waals surface area contributed by atoms with Crippen LogP contribution in [0, 0.1) is 5.82 Å². The van der Waals surface area contributed by atoms with Gasteiger partial charge in [-0.2, -0.15) is 0 Å². The molecular formula is C15H16FNS. The largest absolute Gasteiger partial charge is 0.324 e. The van der Waals surface area contributed by atoms with Crippen molar-refractivity contribution in [2.45, 2.75) is 29.2 Å². The van der Waals surface area contributed by atoms with Gasteiger partial charge in [0.2, 0.25) is 0 Å². The van der Waals surface area contributed by atoms with Crippen LogP contribution in [0.1, 0.15) is 24.9 Å². The minimum absolute atomic E-state index is 0.0501. The van der Waals surface area contributed by atoms with Crippen LogP contribution in [-0.4, -0.2) is 0 Å². The van der Waals surface area contributed by atoms with Crippen LogP contribution in [0.3, 0.4) is 0 Å². The molecular weight excluding hydrogens is 245 g/mol. The molecule has 1 nitrogen and oxygen atoms in total. The molecule has 0 heterocycles. The van der Waals surface area contributed by atoms with Gasteiger partial charge in [-0.1, -0.05) is 36.9 Å². The molecule has 0 aliphatic carbocycles. The van der Waals surface area contributed by atoms with Crippen molar-refractivity contribution >= 4 is 11.8 Å². The van der Waals surface area contributed by atoms with E-state index in [4.69, 9.17) is 5.73 Å². The van der Waals surface area contributed by atoms with Gasteiger partial charge < -0.3 is 5.73 Å². The third-order valence-electron chi connectivity index (χ3n) is 2.80. The summed E-state index contributed by atoms with van der Waals surface area (Å²) in [7, 11) is 0. The Morgan fingerprint density at radius 3 is 2.44 bits per heavy atom. The highest BCUT2D eigenvalue weighted by Gasteiger charge is 2.09. The summed E-state index contributed by atoms with van der Waals surface area (Å²) in [6.07, 6.45) is 0.904. The first-order valence-electron chi connectivity index (χ1n) is 5.98. The van der Waals surface area contributed by atoms with Gasteiger partial charge in [0.25, 0.3) is 0 Å². The van der Waals surface area contributed by atoms with Crippen LogP contribution in [0.5, 0.6) is 0 Å². The molecule has 94 valence electrons. The van der Waals surface area contributed by atoms with Crippen LogP contribution in [0.25, 0.3) is 0 Å². The average Bonchev–Trinajstić information content (AvgIpc) is 2.41. The lowest BCUT2D eigenvalue weighted by Gasteiger charge is -2.14. The molecule has 0 spiro atoms. The molecule has 0 radical (unpaired) electrons. The fourth-order valence-corrected chi connectivity index (χ4v) is 2.74. The molecule has 0 amide bonds. The van der Waals surface area contributed by atoms with E-state index >= 15 is 0 Å². The van der Waals surface area contributed by atoms with Crippen molar-refractivity contribution in [1.29, 1.82) is 0 Å². The number of benzene rings is 2. The first kappa shape index (κ1) is 13.1. The lowest BCUT2D eigenvalue weighted by Crippen LogP contribution is -2.09. The topological polar surface area (TPSA) is 26.0 Å². The standard InChI is InChI=1S/C15H16FNS/c1-2-14(17)13-5-3-4-6-15(13)18-12-9-7-11(16)8-10-12/h3-10,14H,2,17H2,1H3/t14-/m1/s1. The van der Waals surface area contributed by atoms with E-state index in [0.717, 1.165) is 21.8 Å². The fraction of sp³-hybridized carbons (Fsp3) is 0.200. The van der Waals surface area contributed by atoms with Gasteiger partial charge in [0.05, 0.1) is 0 Å². The smallest absolute Gasteiger partial charge is 0.123 e. The van der Waals surface area contributed by atoms with E-state index in [1.165, 1.54) is 12.1 Å². The van der Waals surface area contributed by atoms with Crippen molar-refractivity contribution in [2.24, 2.45) is 5.73 Å². The predicted molar refractivity (Wildman–Crippen MR) is 74.2 cm³/mol. The molecule has 0 aliphatic heterocycles. The van der Waals surface area contributed by atoms with Crippen molar-refractivity contribution in [1.82, 2.24) is 0 Å². The molecule has 2 aromatic carbocycles. The van der Waals surface area contributed by atoms with Crippen molar-refractivity contribution in [3.8, 4) is 0 Å². The quantitative estimate of drug-likeness (QED) is 0.883. The SMILES string of the molecule is CC[C@@H](N)c1ccccc1Sc1ccc(F)cc1. The van der Waals surface area contributed by atoms with E-state index in [1.807, 2.05) is 12.1 Å². The summed E-state index contributed by atoms with van der Waals surface area (Å²) in [5.41, 5.74) is 7.25. The minimum Gasteiger partial charge on any atom is -0.324 e. The molecule has 0 saturated carbocycles. The monoisotopic (exact) mass is 261 g/mol. The van der Waals surface area contributed by atoms with Crippen LogP contribution >= 0.6 is 11.8 Å². The first-order chi connectivity index (χ1) is 8.70. The molecule has 2 rings (SSSR count). The normalized spacial score (nSPS) is 12.4. The third kappa shape index (κ3) is 3.12. The highest BCUT2D eigenvalue weighted by molar-refractivity contribution is 7.99. The number of nitrogens with two attached hydrogens (primary N) is 1. The van der Waals surface area contributed by atoms with E-state index < -0.39 is 0 Å². The summed E-state index contributed by atoms with van der Waals surface area (Å²) in [6, 6.07) is 14.7. The molecule has 3 heteroatoms. The fourth-order valence-electron chi connectivity index (χ4n) is 1.73. The predicted octanol–water partition coefficient (Wildman–Crippen LogP) is 4.39. The molecule has 0 fully saturated rings. The molecule has 0 aromatic heterocycles. The van der Waals surface area contributed by atoms with Crippen molar-refractivity contribution < 1.29 is 4.39 Å². The summed E-state index contributed by atoms with van der Waals surface area (Å²) < 4.78 is 12.9.